The van der Waals surface area contributed by atoms with Gasteiger partial charge in [-0.25, -0.2) is 4.57 Å². The third-order valence-electron chi connectivity index (χ3n) is 5.79. The summed E-state index contributed by atoms with van der Waals surface area (Å²) in [4.78, 5) is 21.5. The van der Waals surface area contributed by atoms with Gasteiger partial charge in [-0.2, -0.15) is 0 Å². The molecule has 8 nitrogen and oxygen atoms in total. The molecule has 0 saturated carbocycles. The summed E-state index contributed by atoms with van der Waals surface area (Å²) >= 11 is 0. The number of hydrogen-bond donors (Lipinski definition) is 2. The molecule has 0 aliphatic heterocycles. The van der Waals surface area contributed by atoms with Crippen molar-refractivity contribution < 1.29 is 37.6 Å². The molecule has 41 heavy (non-hydrogen) atoms. The van der Waals surface area contributed by atoms with Gasteiger partial charge in [0.2, 0.25) is 0 Å². The molecule has 0 aromatic rings. The van der Waals surface area contributed by atoms with Crippen molar-refractivity contribution in [1.29, 1.82) is 0 Å². The van der Waals surface area contributed by atoms with E-state index in [-0.39, 0.29) is 19.6 Å². The number of phosphoric acid groups is 1. The van der Waals surface area contributed by atoms with Crippen LogP contribution in [-0.4, -0.2) is 74.1 Å². The summed E-state index contributed by atoms with van der Waals surface area (Å²) in [6.45, 7) is 1.98. The SMILES string of the molecule is CC/C=C\C/C=C\C/C=C\C/C=C\C/C=C\CCCCCCCC(=O)OCC(O)COP(=O)(O)OCC[N+](C)(C)C. The second-order valence-corrected chi connectivity index (χ2v) is 12.4. The minimum Gasteiger partial charge on any atom is -0.463 e. The topological polar surface area (TPSA) is 102 Å². The van der Waals surface area contributed by atoms with Gasteiger partial charge in [0.15, 0.2) is 0 Å². The Morgan fingerprint density at radius 1 is 0.756 bits per heavy atom. The normalized spacial score (nSPS) is 15.2. The van der Waals surface area contributed by atoms with Crippen molar-refractivity contribution in [3.63, 3.8) is 0 Å². The van der Waals surface area contributed by atoms with Crippen LogP contribution >= 0.6 is 7.82 Å². The molecule has 2 unspecified atom stereocenters. The van der Waals surface area contributed by atoms with Gasteiger partial charge in [-0.3, -0.25) is 13.8 Å². The highest BCUT2D eigenvalue weighted by Gasteiger charge is 2.24. The Labute approximate surface area is 249 Å². The molecular formula is C32H57NO7P+. The zero-order valence-electron chi connectivity index (χ0n) is 26.0. The van der Waals surface area contributed by atoms with Crippen LogP contribution in [0.4, 0.5) is 0 Å². The molecule has 0 heterocycles. The number of carbonyl (C=O) groups is 1. The van der Waals surface area contributed by atoms with Gasteiger partial charge in [-0.1, -0.05) is 86.9 Å². The minimum atomic E-state index is -4.25. The number of unbranched alkanes of at least 4 members (excludes halogenated alkanes) is 5. The Morgan fingerprint density at radius 2 is 1.27 bits per heavy atom. The number of rotatable bonds is 26. The molecule has 0 spiro atoms. The number of hydrogen-bond acceptors (Lipinski definition) is 6. The average molecular weight is 599 g/mol. The summed E-state index contributed by atoms with van der Waals surface area (Å²) in [6, 6.07) is 0. The largest absolute Gasteiger partial charge is 0.472 e. The number of phosphoric ester groups is 1. The molecule has 9 heteroatoms. The second-order valence-electron chi connectivity index (χ2n) is 11.0. The fraction of sp³-hybridized carbons (Fsp3) is 0.656. The van der Waals surface area contributed by atoms with E-state index < -0.39 is 26.5 Å². The lowest BCUT2D eigenvalue weighted by Crippen LogP contribution is -2.37. The van der Waals surface area contributed by atoms with E-state index in [9.17, 15) is 19.4 Å². The maximum absolute atomic E-state index is 11.9. The number of nitrogens with zero attached hydrogens (tertiary/aromatic N) is 1. The summed E-state index contributed by atoms with van der Waals surface area (Å²) in [5, 5.41) is 9.85. The van der Waals surface area contributed by atoms with Crippen LogP contribution < -0.4 is 0 Å². The molecular weight excluding hydrogens is 541 g/mol. The average Bonchev–Trinajstić information content (AvgIpc) is 2.90. The monoisotopic (exact) mass is 598 g/mol. The first-order valence-electron chi connectivity index (χ1n) is 15.1. The third kappa shape index (κ3) is 31.0. The molecule has 0 aliphatic rings. The summed E-state index contributed by atoms with van der Waals surface area (Å²) in [7, 11) is 1.54. The van der Waals surface area contributed by atoms with Gasteiger partial charge in [0.1, 0.15) is 25.9 Å². The Hall–Kier alpha value is -1.80. The van der Waals surface area contributed by atoms with Crippen LogP contribution in [0.3, 0.4) is 0 Å². The summed E-state index contributed by atoms with van der Waals surface area (Å²) in [5.41, 5.74) is 0. The number of ether oxygens (including phenoxy) is 1. The summed E-state index contributed by atoms with van der Waals surface area (Å²) < 4.78 is 27.1. The lowest BCUT2D eigenvalue weighted by molar-refractivity contribution is -0.870. The van der Waals surface area contributed by atoms with Crippen LogP contribution in [-0.2, 0) is 23.1 Å². The molecule has 0 radical (unpaired) electrons. The van der Waals surface area contributed by atoms with Gasteiger partial charge >= 0.3 is 13.8 Å². The highest BCUT2D eigenvalue weighted by Crippen LogP contribution is 2.43. The lowest BCUT2D eigenvalue weighted by Gasteiger charge is -2.24. The Bertz CT molecular complexity index is 843. The molecule has 2 N–H and O–H groups in total. The maximum atomic E-state index is 11.9. The molecule has 0 amide bonds. The zero-order valence-corrected chi connectivity index (χ0v) is 26.9. The van der Waals surface area contributed by atoms with E-state index in [4.69, 9.17) is 13.8 Å². The van der Waals surface area contributed by atoms with Crippen molar-refractivity contribution in [2.75, 3.05) is 47.5 Å². The van der Waals surface area contributed by atoms with E-state index in [1.165, 1.54) is 0 Å². The Morgan fingerprint density at radius 3 is 1.83 bits per heavy atom. The highest BCUT2D eigenvalue weighted by atomic mass is 31.2. The number of aliphatic hydroxyl groups is 1. The van der Waals surface area contributed by atoms with E-state index >= 15 is 0 Å². The molecule has 0 aromatic carbocycles. The first-order chi connectivity index (χ1) is 19.6. The predicted octanol–water partition coefficient (Wildman–Crippen LogP) is 7.21. The van der Waals surface area contributed by atoms with Crippen LogP contribution in [0, 0.1) is 0 Å². The van der Waals surface area contributed by atoms with Crippen molar-refractivity contribution >= 4 is 13.8 Å². The number of aliphatic hydroxyl groups excluding tert-OH is 1. The van der Waals surface area contributed by atoms with E-state index in [0.29, 0.717) is 11.0 Å². The molecule has 0 rings (SSSR count). The van der Waals surface area contributed by atoms with E-state index in [2.05, 4.69) is 67.7 Å². The zero-order chi connectivity index (χ0) is 30.7. The smallest absolute Gasteiger partial charge is 0.463 e. The van der Waals surface area contributed by atoms with Crippen molar-refractivity contribution in [1.82, 2.24) is 0 Å². The molecule has 0 fully saturated rings. The number of quaternary nitrogens is 1. The van der Waals surface area contributed by atoms with Gasteiger partial charge in [-0.15, -0.1) is 0 Å². The van der Waals surface area contributed by atoms with Crippen LogP contribution in [0.1, 0.15) is 84.0 Å². The van der Waals surface area contributed by atoms with E-state index in [1.807, 2.05) is 21.1 Å². The highest BCUT2D eigenvalue weighted by molar-refractivity contribution is 7.47. The van der Waals surface area contributed by atoms with Crippen molar-refractivity contribution in [2.45, 2.75) is 90.1 Å². The molecule has 0 aliphatic carbocycles. The maximum Gasteiger partial charge on any atom is 0.472 e. The van der Waals surface area contributed by atoms with E-state index in [1.54, 1.807) is 0 Å². The van der Waals surface area contributed by atoms with Crippen LogP contribution in [0.15, 0.2) is 60.8 Å². The second kappa shape index (κ2) is 25.9. The molecule has 0 bridgehead atoms. The fourth-order valence-corrected chi connectivity index (χ4v) is 4.13. The molecule has 2 atom stereocenters. The van der Waals surface area contributed by atoms with Crippen LogP contribution in [0.25, 0.3) is 0 Å². The number of allylic oxidation sites excluding steroid dienone is 10. The molecule has 0 aromatic heterocycles. The standard InChI is InChI=1S/C32H56NO7P/c1-5-6-7-8-9-10-11-12-13-14-15-16-17-18-19-20-21-22-23-24-25-26-32(35)38-29-31(34)30-40-41(36,37)39-28-27-33(2,3)4/h6-7,9-10,12-13,15-16,18-19,31,34H,5,8,11,14,17,20-30H2,1-4H3/p+1/b7-6-,10-9-,13-12-,16-15-,19-18-. The van der Waals surface area contributed by atoms with Crippen molar-refractivity contribution in [2.24, 2.45) is 0 Å². The quantitative estimate of drug-likeness (QED) is 0.0357. The van der Waals surface area contributed by atoms with Gasteiger partial charge in [0.05, 0.1) is 27.7 Å². The van der Waals surface area contributed by atoms with Crippen molar-refractivity contribution in [3.05, 3.63) is 60.8 Å². The summed E-state index contributed by atoms with van der Waals surface area (Å²) in [5.74, 6) is -0.394. The number of carbonyl (C=O) groups excluding carboxylic acids is 1. The van der Waals surface area contributed by atoms with Crippen molar-refractivity contribution in [3.8, 4) is 0 Å². The molecule has 0 saturated heterocycles. The Balaban J connectivity index is 3.64. The predicted molar refractivity (Wildman–Crippen MR) is 168 cm³/mol. The van der Waals surface area contributed by atoms with Gasteiger partial charge in [0.25, 0.3) is 0 Å². The van der Waals surface area contributed by atoms with Gasteiger partial charge in [0, 0.05) is 6.42 Å². The Kier molecular flexibility index (Phi) is 24.7. The summed E-state index contributed by atoms with van der Waals surface area (Å²) in [6.07, 6.45) is 32.2. The van der Waals surface area contributed by atoms with Crippen LogP contribution in [0.5, 0.6) is 0 Å². The minimum absolute atomic E-state index is 0.0474. The lowest BCUT2D eigenvalue weighted by atomic mass is 10.1. The fourth-order valence-electron chi connectivity index (χ4n) is 3.39. The van der Waals surface area contributed by atoms with Gasteiger partial charge < -0.3 is 19.2 Å². The third-order valence-corrected chi connectivity index (χ3v) is 6.78. The first-order valence-corrected chi connectivity index (χ1v) is 16.6. The first kappa shape index (κ1) is 39.2. The molecule has 236 valence electrons. The van der Waals surface area contributed by atoms with Crippen LogP contribution in [0.2, 0.25) is 0 Å². The number of likely N-dealkylation sites (N-methyl/N-ethyl adjacent to an activating group) is 1. The number of esters is 1. The van der Waals surface area contributed by atoms with Gasteiger partial charge in [-0.05, 0) is 51.4 Å². The van der Waals surface area contributed by atoms with E-state index in [0.717, 1.165) is 70.6 Å².